The molecule has 1 N–H and O–H groups in total. The van der Waals surface area contributed by atoms with Crippen molar-refractivity contribution < 1.29 is 22.5 Å². The highest BCUT2D eigenvalue weighted by Gasteiger charge is 2.32. The molecule has 2 aromatic carbocycles. The van der Waals surface area contributed by atoms with E-state index in [9.17, 15) is 18.0 Å². The lowest BCUT2D eigenvalue weighted by Gasteiger charge is -2.35. The van der Waals surface area contributed by atoms with Crippen molar-refractivity contribution in [3.8, 4) is 11.3 Å². The molecule has 2 amide bonds. The van der Waals surface area contributed by atoms with Gasteiger partial charge in [-0.25, -0.2) is 9.78 Å². The third-order valence-corrected chi connectivity index (χ3v) is 6.74. The zero-order valence-corrected chi connectivity index (χ0v) is 22.0. The summed E-state index contributed by atoms with van der Waals surface area (Å²) >= 11 is 3.40. The van der Waals surface area contributed by atoms with Crippen LogP contribution in [0.2, 0.25) is 0 Å². The van der Waals surface area contributed by atoms with E-state index in [0.717, 1.165) is 23.0 Å². The Morgan fingerprint density at radius 2 is 1.84 bits per heavy atom. The minimum Gasteiger partial charge on any atom is -0.352 e. The van der Waals surface area contributed by atoms with Gasteiger partial charge >= 0.3 is 12.2 Å². The number of hydrogen-bond donors (Lipinski definition) is 1. The first-order valence-corrected chi connectivity index (χ1v) is 12.9. The molecule has 1 fully saturated rings. The maximum absolute atomic E-state index is 13.4. The highest BCUT2D eigenvalue weighted by atomic mass is 79.9. The number of aryl methyl sites for hydroxylation is 1. The fraction of sp³-hybridized carbons (Fsp3) is 0.308. The lowest BCUT2D eigenvalue weighted by molar-refractivity contribution is -0.137. The van der Waals surface area contributed by atoms with E-state index in [-0.39, 0.29) is 23.0 Å². The molecule has 0 bridgehead atoms. The molecule has 2 aromatic heterocycles. The number of fused-ring (bicyclic) bond motifs is 1. The van der Waals surface area contributed by atoms with Crippen molar-refractivity contribution in [3.63, 3.8) is 0 Å². The van der Waals surface area contributed by atoms with Crippen molar-refractivity contribution in [2.75, 3.05) is 36.4 Å². The number of anilines is 2. The Labute approximate surface area is 225 Å². The Kier molecular flexibility index (Phi) is 7.24. The normalized spacial score (nSPS) is 14.2. The van der Waals surface area contributed by atoms with Gasteiger partial charge in [-0.05, 0) is 36.8 Å². The Bertz CT molecular complexity index is 1470. The molecule has 198 valence electrons. The van der Waals surface area contributed by atoms with E-state index in [4.69, 9.17) is 9.51 Å². The summed E-state index contributed by atoms with van der Waals surface area (Å²) in [4.78, 5) is 25.8. The number of urea groups is 1. The van der Waals surface area contributed by atoms with E-state index in [1.165, 1.54) is 6.07 Å². The topological polar surface area (TPSA) is 87.4 Å². The van der Waals surface area contributed by atoms with Gasteiger partial charge in [-0.2, -0.15) is 18.2 Å². The van der Waals surface area contributed by atoms with Crippen molar-refractivity contribution in [1.29, 1.82) is 0 Å². The number of hydrogen-bond acceptors (Lipinski definition) is 6. The highest BCUT2D eigenvalue weighted by Crippen LogP contribution is 2.37. The largest absolute Gasteiger partial charge is 0.416 e. The monoisotopic (exact) mass is 588 g/mol. The van der Waals surface area contributed by atoms with Crippen LogP contribution < -0.4 is 10.2 Å². The number of carbonyl (C=O) groups excluding carboxylic acids is 1. The molecular weight excluding hydrogens is 565 g/mol. The van der Waals surface area contributed by atoms with Crippen molar-refractivity contribution in [2.24, 2.45) is 0 Å². The number of piperazine rings is 1. The van der Waals surface area contributed by atoms with Gasteiger partial charge in [0.25, 0.3) is 5.71 Å². The quantitative estimate of drug-likeness (QED) is 0.291. The van der Waals surface area contributed by atoms with Gasteiger partial charge in [0.05, 0.1) is 5.56 Å². The first-order chi connectivity index (χ1) is 18.2. The number of benzene rings is 2. The maximum Gasteiger partial charge on any atom is 0.416 e. The van der Waals surface area contributed by atoms with Crippen LogP contribution in [-0.2, 0) is 12.6 Å². The molecule has 0 unspecified atom stereocenters. The highest BCUT2D eigenvalue weighted by molar-refractivity contribution is 9.10. The van der Waals surface area contributed by atoms with Crippen LogP contribution in [0.4, 0.5) is 29.5 Å². The number of amides is 2. The summed E-state index contributed by atoms with van der Waals surface area (Å²) in [5.74, 6) is 1.11. The molecule has 38 heavy (non-hydrogen) atoms. The average molecular weight is 589 g/mol. The van der Waals surface area contributed by atoms with Crippen LogP contribution in [0.25, 0.3) is 22.4 Å². The first-order valence-electron chi connectivity index (χ1n) is 12.1. The molecule has 1 aliphatic rings. The van der Waals surface area contributed by atoms with E-state index in [1.807, 2.05) is 36.1 Å². The Hall–Kier alpha value is -3.67. The van der Waals surface area contributed by atoms with Gasteiger partial charge in [0.15, 0.2) is 0 Å². The SMILES string of the molecule is CCCc1nc(N2CCN(C(=O)Nc3cccc(Br)c3)CC2)c2c(-c3cccc(C(F)(F)F)c3)noc2n1. The van der Waals surface area contributed by atoms with Crippen molar-refractivity contribution >= 4 is 44.6 Å². The predicted octanol–water partition coefficient (Wildman–Crippen LogP) is 6.37. The van der Waals surface area contributed by atoms with Crippen molar-refractivity contribution in [2.45, 2.75) is 25.9 Å². The van der Waals surface area contributed by atoms with Crippen molar-refractivity contribution in [1.82, 2.24) is 20.0 Å². The summed E-state index contributed by atoms with van der Waals surface area (Å²) in [6, 6.07) is 12.1. The summed E-state index contributed by atoms with van der Waals surface area (Å²) < 4.78 is 46.5. The summed E-state index contributed by atoms with van der Waals surface area (Å²) in [6.07, 6.45) is -3.07. The zero-order valence-electron chi connectivity index (χ0n) is 20.4. The second kappa shape index (κ2) is 10.6. The van der Waals surface area contributed by atoms with Gasteiger partial charge < -0.3 is 19.6 Å². The summed E-state index contributed by atoms with van der Waals surface area (Å²) in [5, 5.41) is 7.45. The molecule has 0 saturated carbocycles. The van der Waals surface area contributed by atoms with E-state index in [1.54, 1.807) is 11.0 Å². The molecule has 1 aliphatic heterocycles. The zero-order chi connectivity index (χ0) is 26.9. The van der Waals surface area contributed by atoms with E-state index in [2.05, 4.69) is 31.4 Å². The van der Waals surface area contributed by atoms with Crippen LogP contribution in [0.1, 0.15) is 24.7 Å². The molecule has 0 radical (unpaired) electrons. The van der Waals surface area contributed by atoms with E-state index in [0.29, 0.717) is 55.3 Å². The average Bonchev–Trinajstić information content (AvgIpc) is 3.32. The summed E-state index contributed by atoms with van der Waals surface area (Å²) in [6.45, 7) is 3.80. The third-order valence-electron chi connectivity index (χ3n) is 6.24. The molecule has 8 nitrogen and oxygen atoms in total. The minimum absolute atomic E-state index is 0.211. The molecule has 1 saturated heterocycles. The number of rotatable bonds is 5. The van der Waals surface area contributed by atoms with Gasteiger partial charge in [0.2, 0.25) is 0 Å². The fourth-order valence-corrected chi connectivity index (χ4v) is 4.77. The van der Waals surface area contributed by atoms with Crippen molar-refractivity contribution in [3.05, 3.63) is 64.4 Å². The second-order valence-corrected chi connectivity index (χ2v) is 9.83. The lowest BCUT2D eigenvalue weighted by Crippen LogP contribution is -2.50. The molecule has 3 heterocycles. The molecular formula is C26H24BrF3N6O2. The fourth-order valence-electron chi connectivity index (χ4n) is 4.37. The number of halogens is 4. The van der Waals surface area contributed by atoms with Gasteiger partial charge in [0.1, 0.15) is 22.7 Å². The molecule has 0 aliphatic carbocycles. The number of nitrogens with zero attached hydrogens (tertiary/aromatic N) is 5. The molecule has 5 rings (SSSR count). The van der Waals surface area contributed by atoms with Crippen LogP contribution in [0.3, 0.4) is 0 Å². The molecule has 12 heteroatoms. The molecule has 0 atom stereocenters. The summed E-state index contributed by atoms with van der Waals surface area (Å²) in [7, 11) is 0. The Morgan fingerprint density at radius 1 is 1.08 bits per heavy atom. The summed E-state index contributed by atoms with van der Waals surface area (Å²) in [5.41, 5.74) is 0.642. The van der Waals surface area contributed by atoms with Crippen LogP contribution in [0, 0.1) is 0 Å². The standard InChI is InChI=1S/C26H24BrF3N6O2/c1-2-5-20-32-23(35-10-12-36(13-11-35)25(37)31-19-9-4-8-18(27)15-19)21-22(34-38-24(21)33-20)16-6-3-7-17(14-16)26(28,29)30/h3-4,6-9,14-15H,2,5,10-13H2,1H3,(H,31,37). The molecule has 0 spiro atoms. The molecule has 4 aromatic rings. The van der Waals surface area contributed by atoms with Crippen LogP contribution >= 0.6 is 15.9 Å². The van der Waals surface area contributed by atoms with Gasteiger partial charge in [-0.1, -0.05) is 46.2 Å². The van der Waals surface area contributed by atoms with E-state index < -0.39 is 11.7 Å². The first kappa shape index (κ1) is 26.0. The predicted molar refractivity (Wildman–Crippen MR) is 141 cm³/mol. The smallest absolute Gasteiger partial charge is 0.352 e. The minimum atomic E-state index is -4.49. The Balaban J connectivity index is 1.43. The van der Waals surface area contributed by atoms with Gasteiger partial charge in [-0.3, -0.25) is 0 Å². The Morgan fingerprint density at radius 3 is 2.55 bits per heavy atom. The number of nitrogens with one attached hydrogen (secondary N) is 1. The number of alkyl halides is 3. The van der Waals surface area contributed by atoms with Crippen LogP contribution in [0.15, 0.2) is 57.5 Å². The maximum atomic E-state index is 13.4. The number of aromatic nitrogens is 3. The van der Waals surface area contributed by atoms with Crippen LogP contribution in [0.5, 0.6) is 0 Å². The third kappa shape index (κ3) is 5.45. The van der Waals surface area contributed by atoms with E-state index >= 15 is 0 Å². The lowest BCUT2D eigenvalue weighted by atomic mass is 10.1. The second-order valence-electron chi connectivity index (χ2n) is 8.92. The van der Waals surface area contributed by atoms with Gasteiger partial charge in [-0.15, -0.1) is 0 Å². The number of carbonyl (C=O) groups is 1. The van der Waals surface area contributed by atoms with Crippen LogP contribution in [-0.4, -0.2) is 52.2 Å². The van der Waals surface area contributed by atoms with Gasteiger partial charge in [0, 0.05) is 48.3 Å².